The van der Waals surface area contributed by atoms with Crippen LogP contribution in [0, 0.1) is 16.7 Å². The van der Waals surface area contributed by atoms with Crippen molar-refractivity contribution in [1.29, 1.82) is 5.26 Å². The fourth-order valence-electron chi connectivity index (χ4n) is 2.39. The van der Waals surface area contributed by atoms with Crippen molar-refractivity contribution < 1.29 is 18.9 Å². The lowest BCUT2D eigenvalue weighted by Gasteiger charge is -2.28. The Bertz CT molecular complexity index is 497. The van der Waals surface area contributed by atoms with E-state index in [0.29, 0.717) is 37.6 Å². The highest BCUT2D eigenvalue weighted by Crippen LogP contribution is 2.41. The van der Waals surface area contributed by atoms with Gasteiger partial charge in [0, 0.05) is 19.6 Å². The average molecular weight is 305 g/mol. The third kappa shape index (κ3) is 3.70. The summed E-state index contributed by atoms with van der Waals surface area (Å²) < 4.78 is 22.6. The van der Waals surface area contributed by atoms with Gasteiger partial charge >= 0.3 is 0 Å². The van der Waals surface area contributed by atoms with Crippen LogP contribution in [0.15, 0.2) is 24.3 Å². The van der Waals surface area contributed by atoms with Crippen LogP contribution in [0.25, 0.3) is 0 Å². The smallest absolute Gasteiger partial charge is 0.259 e. The number of ether oxygens (including phenoxy) is 4. The highest BCUT2D eigenvalue weighted by Gasteiger charge is 2.42. The van der Waals surface area contributed by atoms with Crippen LogP contribution in [-0.2, 0) is 9.47 Å². The predicted molar refractivity (Wildman–Crippen MR) is 81.5 cm³/mol. The highest BCUT2D eigenvalue weighted by atomic mass is 16.7. The molecule has 0 bridgehead atoms. The Kier molecular flexibility index (Phi) is 5.64. The summed E-state index contributed by atoms with van der Waals surface area (Å²) in [5.41, 5.74) is -0.772. The molecule has 2 rings (SSSR count). The molecule has 5 nitrogen and oxygen atoms in total. The van der Waals surface area contributed by atoms with Crippen molar-refractivity contribution in [2.45, 2.75) is 46.2 Å². The molecule has 1 aromatic carbocycles. The minimum atomic E-state index is -0.772. The molecule has 120 valence electrons. The van der Waals surface area contributed by atoms with Crippen LogP contribution in [0.1, 0.15) is 33.6 Å². The Labute approximate surface area is 131 Å². The zero-order valence-corrected chi connectivity index (χ0v) is 13.4. The van der Waals surface area contributed by atoms with Gasteiger partial charge in [0.25, 0.3) is 6.29 Å². The number of hydrogen-bond acceptors (Lipinski definition) is 5. The van der Waals surface area contributed by atoms with Crippen LogP contribution in [-0.4, -0.2) is 25.8 Å². The van der Waals surface area contributed by atoms with E-state index in [-0.39, 0.29) is 6.29 Å². The first-order valence-corrected chi connectivity index (χ1v) is 7.69. The zero-order valence-electron chi connectivity index (χ0n) is 13.4. The van der Waals surface area contributed by atoms with Crippen LogP contribution in [0.5, 0.6) is 11.5 Å². The van der Waals surface area contributed by atoms with Gasteiger partial charge in [-0.15, -0.1) is 0 Å². The molecule has 0 aliphatic carbocycles. The van der Waals surface area contributed by atoms with Gasteiger partial charge in [-0.1, -0.05) is 12.1 Å². The lowest BCUT2D eigenvalue weighted by molar-refractivity contribution is -0.146. The second kappa shape index (κ2) is 7.48. The van der Waals surface area contributed by atoms with E-state index in [9.17, 15) is 5.26 Å². The van der Waals surface area contributed by atoms with E-state index in [1.54, 1.807) is 0 Å². The van der Waals surface area contributed by atoms with Gasteiger partial charge in [0.05, 0.1) is 6.07 Å². The monoisotopic (exact) mass is 305 g/mol. The molecule has 1 aliphatic rings. The van der Waals surface area contributed by atoms with Gasteiger partial charge in [0.15, 0.2) is 17.8 Å². The summed E-state index contributed by atoms with van der Waals surface area (Å²) in [5.74, 6) is 1.36. The van der Waals surface area contributed by atoms with E-state index in [1.807, 2.05) is 45.0 Å². The van der Waals surface area contributed by atoms with Gasteiger partial charge < -0.3 is 18.9 Å². The number of para-hydroxylation sites is 2. The maximum absolute atomic E-state index is 9.61. The molecule has 1 aliphatic heterocycles. The van der Waals surface area contributed by atoms with Crippen molar-refractivity contribution in [3.05, 3.63) is 24.3 Å². The molecule has 0 radical (unpaired) electrons. The SMILES string of the molecule is CCOC(CCC(C)(C#N)C1Oc2ccccc2O1)OCC. The largest absolute Gasteiger partial charge is 0.449 e. The van der Waals surface area contributed by atoms with E-state index in [0.717, 1.165) is 0 Å². The fourth-order valence-corrected chi connectivity index (χ4v) is 2.39. The van der Waals surface area contributed by atoms with Gasteiger partial charge in [-0.3, -0.25) is 0 Å². The van der Waals surface area contributed by atoms with E-state index >= 15 is 0 Å². The first-order valence-electron chi connectivity index (χ1n) is 7.69. The number of benzene rings is 1. The molecule has 0 N–H and O–H groups in total. The molecule has 0 spiro atoms. The molecular formula is C17H23NO4. The second-order valence-electron chi connectivity index (χ2n) is 5.42. The third-order valence-electron chi connectivity index (χ3n) is 3.70. The molecule has 22 heavy (non-hydrogen) atoms. The molecule has 0 aromatic heterocycles. The molecule has 0 saturated carbocycles. The third-order valence-corrected chi connectivity index (χ3v) is 3.70. The average Bonchev–Trinajstić information content (AvgIpc) is 2.97. The number of fused-ring (bicyclic) bond motifs is 1. The molecular weight excluding hydrogens is 282 g/mol. The van der Waals surface area contributed by atoms with E-state index in [4.69, 9.17) is 18.9 Å². The fraction of sp³-hybridized carbons (Fsp3) is 0.588. The molecule has 5 heteroatoms. The molecule has 0 saturated heterocycles. The van der Waals surface area contributed by atoms with Crippen molar-refractivity contribution in [3.8, 4) is 17.6 Å². The summed E-state index contributed by atoms with van der Waals surface area (Å²) in [4.78, 5) is 0. The van der Waals surface area contributed by atoms with Crippen LogP contribution < -0.4 is 9.47 Å². The molecule has 0 amide bonds. The summed E-state index contributed by atoms with van der Waals surface area (Å²) in [6.07, 6.45) is 0.267. The minimum Gasteiger partial charge on any atom is -0.449 e. The Hall–Kier alpha value is -1.77. The van der Waals surface area contributed by atoms with Gasteiger partial charge in [-0.05, 0) is 39.3 Å². The number of nitriles is 1. The summed E-state index contributed by atoms with van der Waals surface area (Å²) >= 11 is 0. The second-order valence-corrected chi connectivity index (χ2v) is 5.42. The highest BCUT2D eigenvalue weighted by molar-refractivity contribution is 5.42. The molecule has 1 atom stereocenters. The van der Waals surface area contributed by atoms with Gasteiger partial charge in [0.2, 0.25) is 0 Å². The number of nitrogens with zero attached hydrogens (tertiary/aromatic N) is 1. The maximum atomic E-state index is 9.61. The molecule has 0 fully saturated rings. The van der Waals surface area contributed by atoms with E-state index in [2.05, 4.69) is 6.07 Å². The van der Waals surface area contributed by atoms with Crippen molar-refractivity contribution in [1.82, 2.24) is 0 Å². The molecule has 1 heterocycles. The summed E-state index contributed by atoms with van der Waals surface area (Å²) in [6, 6.07) is 9.79. The van der Waals surface area contributed by atoms with Crippen LogP contribution in [0.2, 0.25) is 0 Å². The minimum absolute atomic E-state index is 0.300. The van der Waals surface area contributed by atoms with E-state index < -0.39 is 11.7 Å². The first kappa shape index (κ1) is 16.6. The zero-order chi connectivity index (χ0) is 16.0. The Morgan fingerprint density at radius 1 is 1.18 bits per heavy atom. The van der Waals surface area contributed by atoms with Crippen molar-refractivity contribution in [3.63, 3.8) is 0 Å². The standard InChI is InChI=1S/C17H23NO4/c1-4-19-15(20-5-2)10-11-17(3,12-18)16-21-13-8-6-7-9-14(13)22-16/h6-9,15-16H,4-5,10-11H2,1-3H3. The Morgan fingerprint density at radius 2 is 1.73 bits per heavy atom. The number of hydrogen-bond donors (Lipinski definition) is 0. The summed E-state index contributed by atoms with van der Waals surface area (Å²) in [6.45, 7) is 6.86. The van der Waals surface area contributed by atoms with Crippen molar-refractivity contribution >= 4 is 0 Å². The number of rotatable bonds is 8. The van der Waals surface area contributed by atoms with Crippen molar-refractivity contribution in [2.75, 3.05) is 13.2 Å². The van der Waals surface area contributed by atoms with Gasteiger partial charge in [-0.2, -0.15) is 5.26 Å². The molecule has 1 aromatic rings. The van der Waals surface area contributed by atoms with Gasteiger partial charge in [-0.25, -0.2) is 0 Å². The first-order chi connectivity index (χ1) is 10.6. The topological polar surface area (TPSA) is 60.7 Å². The lowest BCUT2D eigenvalue weighted by Crippen LogP contribution is -2.38. The van der Waals surface area contributed by atoms with Crippen molar-refractivity contribution in [2.24, 2.45) is 5.41 Å². The van der Waals surface area contributed by atoms with Gasteiger partial charge in [0.1, 0.15) is 5.41 Å². The van der Waals surface area contributed by atoms with Crippen LogP contribution in [0.3, 0.4) is 0 Å². The normalized spacial score (nSPS) is 16.5. The quantitative estimate of drug-likeness (QED) is 0.688. The van der Waals surface area contributed by atoms with E-state index in [1.165, 1.54) is 0 Å². The molecule has 1 unspecified atom stereocenters. The predicted octanol–water partition coefficient (Wildman–Crippen LogP) is 3.49. The van der Waals surface area contributed by atoms with Crippen LogP contribution in [0.4, 0.5) is 0 Å². The summed E-state index contributed by atoms with van der Waals surface area (Å²) in [7, 11) is 0. The lowest BCUT2D eigenvalue weighted by atomic mass is 9.86. The summed E-state index contributed by atoms with van der Waals surface area (Å²) in [5, 5.41) is 9.61. The van der Waals surface area contributed by atoms with Crippen LogP contribution >= 0.6 is 0 Å². The Balaban J connectivity index is 1.99. The Morgan fingerprint density at radius 3 is 2.18 bits per heavy atom. The maximum Gasteiger partial charge on any atom is 0.259 e.